The average molecular weight is 462 g/mol. The second kappa shape index (κ2) is 9.17. The quantitative estimate of drug-likeness (QED) is 0.741. The molecule has 1 N–H and O–H groups in total. The molecule has 2 aliphatic rings. The van der Waals surface area contributed by atoms with E-state index < -0.39 is 10.0 Å². The summed E-state index contributed by atoms with van der Waals surface area (Å²) in [5.74, 6) is -0.608. The Kier molecular flexibility index (Phi) is 6.50. The molecule has 32 heavy (non-hydrogen) atoms. The fraction of sp³-hybridized carbons (Fsp3) is 0.435. The van der Waals surface area contributed by atoms with Crippen molar-refractivity contribution in [3.63, 3.8) is 0 Å². The summed E-state index contributed by atoms with van der Waals surface area (Å²) < 4.78 is 47.3. The van der Waals surface area contributed by atoms with Gasteiger partial charge in [-0.2, -0.15) is 4.31 Å². The van der Waals surface area contributed by atoms with E-state index in [9.17, 15) is 17.6 Å². The molecule has 7 nitrogen and oxygen atoms in total. The van der Waals surface area contributed by atoms with Crippen molar-refractivity contribution in [3.05, 3.63) is 53.8 Å². The van der Waals surface area contributed by atoms with Crippen LogP contribution in [0.25, 0.3) is 0 Å². The summed E-state index contributed by atoms with van der Waals surface area (Å²) >= 11 is 0. The smallest absolute Gasteiger partial charge is 0.243 e. The van der Waals surface area contributed by atoms with Crippen LogP contribution in [-0.2, 0) is 26.0 Å². The van der Waals surface area contributed by atoms with E-state index in [0.717, 1.165) is 18.4 Å². The van der Waals surface area contributed by atoms with E-state index in [1.165, 1.54) is 22.5 Å². The van der Waals surface area contributed by atoms with Crippen LogP contribution in [0.5, 0.6) is 0 Å². The van der Waals surface area contributed by atoms with Gasteiger partial charge in [-0.05, 0) is 62.6 Å². The molecule has 1 fully saturated rings. The molecule has 2 aromatic rings. The van der Waals surface area contributed by atoms with Gasteiger partial charge >= 0.3 is 0 Å². The standard InChI is InChI=1S/C23H28FN3O4S/c1-16-13-27(14-17(2)31-16)32(29,30)20-10-8-19(9-11-20)25-22(28)15-26-12-4-6-18-5-3-7-21(24)23(18)26/h3,5,7-11,16-17H,4,6,12-15H2,1-2H3,(H,25,28). The van der Waals surface area contributed by atoms with Crippen molar-refractivity contribution in [1.29, 1.82) is 0 Å². The Morgan fingerprint density at radius 3 is 2.50 bits per heavy atom. The molecule has 172 valence electrons. The van der Waals surface area contributed by atoms with Gasteiger partial charge in [-0.25, -0.2) is 12.8 Å². The van der Waals surface area contributed by atoms with E-state index in [4.69, 9.17) is 4.74 Å². The molecule has 4 rings (SSSR count). The van der Waals surface area contributed by atoms with Crippen LogP contribution in [0.2, 0.25) is 0 Å². The minimum atomic E-state index is -3.64. The molecule has 0 bridgehead atoms. The first kappa shape index (κ1) is 22.7. The number of rotatable bonds is 5. The van der Waals surface area contributed by atoms with Crippen LogP contribution in [0.15, 0.2) is 47.4 Å². The number of anilines is 2. The van der Waals surface area contributed by atoms with Crippen molar-refractivity contribution in [2.75, 3.05) is 36.4 Å². The molecule has 2 aliphatic heterocycles. The summed E-state index contributed by atoms with van der Waals surface area (Å²) in [6.45, 7) is 4.94. The lowest BCUT2D eigenvalue weighted by atomic mass is 10.0. The number of halogens is 1. The number of hydrogen-bond donors (Lipinski definition) is 1. The molecule has 0 aromatic heterocycles. The normalized spacial score (nSPS) is 21.8. The van der Waals surface area contributed by atoms with Gasteiger partial charge in [-0.15, -0.1) is 0 Å². The van der Waals surface area contributed by atoms with Crippen molar-refractivity contribution in [1.82, 2.24) is 4.31 Å². The fourth-order valence-corrected chi connectivity index (χ4v) is 6.00. The Hall–Kier alpha value is -2.49. The minimum absolute atomic E-state index is 0.0253. The second-order valence-electron chi connectivity index (χ2n) is 8.42. The maximum absolute atomic E-state index is 14.3. The zero-order valence-electron chi connectivity index (χ0n) is 18.3. The number of nitrogens with one attached hydrogen (secondary N) is 1. The number of hydrogen-bond acceptors (Lipinski definition) is 5. The highest BCUT2D eigenvalue weighted by atomic mass is 32.2. The molecular weight excluding hydrogens is 433 g/mol. The van der Waals surface area contributed by atoms with Gasteiger partial charge in [0.05, 0.1) is 29.3 Å². The predicted molar refractivity (Wildman–Crippen MR) is 121 cm³/mol. The molecule has 0 radical (unpaired) electrons. The lowest BCUT2D eigenvalue weighted by molar-refractivity contribution is -0.115. The highest BCUT2D eigenvalue weighted by Gasteiger charge is 2.32. The lowest BCUT2D eigenvalue weighted by Crippen LogP contribution is -2.48. The monoisotopic (exact) mass is 461 g/mol. The summed E-state index contributed by atoms with van der Waals surface area (Å²) in [5, 5.41) is 2.78. The highest BCUT2D eigenvalue weighted by molar-refractivity contribution is 7.89. The number of fused-ring (bicyclic) bond motifs is 1. The van der Waals surface area contributed by atoms with Crippen LogP contribution in [-0.4, -0.2) is 57.0 Å². The number of ether oxygens (including phenoxy) is 1. The van der Waals surface area contributed by atoms with Crippen molar-refractivity contribution in [2.45, 2.75) is 43.8 Å². The number of morpholine rings is 1. The Morgan fingerprint density at radius 2 is 1.81 bits per heavy atom. The second-order valence-corrected chi connectivity index (χ2v) is 10.4. The molecule has 1 amide bonds. The zero-order valence-corrected chi connectivity index (χ0v) is 19.1. The Balaban J connectivity index is 1.42. The van der Waals surface area contributed by atoms with Crippen LogP contribution in [0, 0.1) is 5.82 Å². The molecular formula is C23H28FN3O4S. The Labute approximate surface area is 188 Å². The number of nitrogens with zero attached hydrogens (tertiary/aromatic N) is 2. The molecule has 0 saturated carbocycles. The van der Waals surface area contributed by atoms with Crippen molar-refractivity contribution in [3.8, 4) is 0 Å². The molecule has 2 aromatic carbocycles. The Bertz CT molecular complexity index is 1080. The summed E-state index contributed by atoms with van der Waals surface area (Å²) in [4.78, 5) is 14.5. The number of sulfonamides is 1. The zero-order chi connectivity index (χ0) is 22.9. The first-order chi connectivity index (χ1) is 15.2. The van der Waals surface area contributed by atoms with Gasteiger partial charge in [-0.3, -0.25) is 4.79 Å². The van der Waals surface area contributed by atoms with E-state index in [2.05, 4.69) is 5.32 Å². The number of aryl methyl sites for hydroxylation is 1. The molecule has 9 heteroatoms. The largest absolute Gasteiger partial charge is 0.373 e. The molecule has 2 atom stereocenters. The van der Waals surface area contributed by atoms with Crippen molar-refractivity contribution in [2.24, 2.45) is 0 Å². The average Bonchev–Trinajstić information content (AvgIpc) is 2.73. The topological polar surface area (TPSA) is 79.0 Å². The van der Waals surface area contributed by atoms with Crippen LogP contribution in [0.4, 0.5) is 15.8 Å². The van der Waals surface area contributed by atoms with Crippen LogP contribution in [0.3, 0.4) is 0 Å². The summed E-state index contributed by atoms with van der Waals surface area (Å²) in [6, 6.07) is 11.1. The van der Waals surface area contributed by atoms with Gasteiger partial charge in [0, 0.05) is 25.3 Å². The van der Waals surface area contributed by atoms with Gasteiger partial charge < -0.3 is 15.0 Å². The van der Waals surface area contributed by atoms with E-state index in [1.807, 2.05) is 19.9 Å². The number of para-hydroxylation sites is 1. The molecule has 2 heterocycles. The van der Waals surface area contributed by atoms with Gasteiger partial charge in [-0.1, -0.05) is 12.1 Å². The number of amides is 1. The fourth-order valence-electron chi connectivity index (χ4n) is 4.41. The number of carbonyl (C=O) groups is 1. The number of benzene rings is 2. The third-order valence-corrected chi connectivity index (χ3v) is 7.60. The van der Waals surface area contributed by atoms with E-state index in [1.54, 1.807) is 23.1 Å². The third-order valence-electron chi connectivity index (χ3n) is 5.76. The van der Waals surface area contributed by atoms with Crippen molar-refractivity contribution < 1.29 is 22.3 Å². The maximum atomic E-state index is 14.3. The molecule has 0 aliphatic carbocycles. The summed E-state index contributed by atoms with van der Waals surface area (Å²) in [7, 11) is -3.64. The minimum Gasteiger partial charge on any atom is -0.373 e. The lowest BCUT2D eigenvalue weighted by Gasteiger charge is -2.34. The summed E-state index contributed by atoms with van der Waals surface area (Å²) in [5.41, 5.74) is 1.89. The first-order valence-corrected chi connectivity index (χ1v) is 12.3. The highest BCUT2D eigenvalue weighted by Crippen LogP contribution is 2.30. The van der Waals surface area contributed by atoms with Gasteiger partial charge in [0.25, 0.3) is 0 Å². The van der Waals surface area contributed by atoms with E-state index in [-0.39, 0.29) is 35.4 Å². The number of carbonyl (C=O) groups excluding carboxylic acids is 1. The van der Waals surface area contributed by atoms with Crippen LogP contribution < -0.4 is 10.2 Å². The van der Waals surface area contributed by atoms with Crippen LogP contribution in [0.1, 0.15) is 25.8 Å². The predicted octanol–water partition coefficient (Wildman–Crippen LogP) is 3.01. The van der Waals surface area contributed by atoms with E-state index in [0.29, 0.717) is 31.0 Å². The Morgan fingerprint density at radius 1 is 1.12 bits per heavy atom. The van der Waals surface area contributed by atoms with Gasteiger partial charge in [0.2, 0.25) is 15.9 Å². The van der Waals surface area contributed by atoms with Crippen molar-refractivity contribution >= 4 is 27.3 Å². The third kappa shape index (κ3) is 4.79. The summed E-state index contributed by atoms with van der Waals surface area (Å²) in [6.07, 6.45) is 1.31. The molecule has 2 unspecified atom stereocenters. The van der Waals surface area contributed by atoms with Gasteiger partial charge in [0.1, 0.15) is 5.82 Å². The van der Waals surface area contributed by atoms with Gasteiger partial charge in [0.15, 0.2) is 0 Å². The molecule has 0 spiro atoms. The van der Waals surface area contributed by atoms with Crippen LogP contribution >= 0.6 is 0 Å². The molecule has 1 saturated heterocycles. The van der Waals surface area contributed by atoms with E-state index >= 15 is 0 Å². The first-order valence-electron chi connectivity index (χ1n) is 10.8. The SMILES string of the molecule is CC1CN(S(=O)(=O)c2ccc(NC(=O)CN3CCCc4cccc(F)c43)cc2)CC(C)O1. The maximum Gasteiger partial charge on any atom is 0.243 e.